The van der Waals surface area contributed by atoms with Gasteiger partial charge in [-0.05, 0) is 37.1 Å². The fourth-order valence-electron chi connectivity index (χ4n) is 3.02. The van der Waals surface area contributed by atoms with Crippen LogP contribution in [-0.2, 0) is 6.42 Å². The molecule has 0 spiro atoms. The second kappa shape index (κ2) is 9.74. The van der Waals surface area contributed by atoms with Crippen molar-refractivity contribution in [3.05, 3.63) is 35.6 Å². The Morgan fingerprint density at radius 3 is 2.39 bits per heavy atom. The number of aryl methyl sites for hydroxylation is 1. The highest BCUT2D eigenvalue weighted by atomic mass is 16.5. The number of fused-ring (bicyclic) bond motifs is 1. The van der Waals surface area contributed by atoms with E-state index in [1.54, 1.807) is 0 Å². The highest BCUT2D eigenvalue weighted by molar-refractivity contribution is 5.78. The van der Waals surface area contributed by atoms with Gasteiger partial charge in [0, 0.05) is 11.8 Å². The highest BCUT2D eigenvalue weighted by Crippen LogP contribution is 2.24. The largest absolute Gasteiger partial charge is 0.461 e. The predicted octanol–water partition coefficient (Wildman–Crippen LogP) is 6.16. The van der Waals surface area contributed by atoms with Crippen LogP contribution in [0.15, 0.2) is 28.7 Å². The lowest BCUT2D eigenvalue weighted by atomic mass is 10.1. The molecule has 0 aliphatic rings. The van der Waals surface area contributed by atoms with Crippen LogP contribution >= 0.6 is 0 Å². The van der Waals surface area contributed by atoms with Gasteiger partial charge >= 0.3 is 0 Å². The van der Waals surface area contributed by atoms with Crippen LogP contribution in [0.25, 0.3) is 11.0 Å². The summed E-state index contributed by atoms with van der Waals surface area (Å²) in [5.41, 5.74) is 4.30. The van der Waals surface area contributed by atoms with Crippen molar-refractivity contribution in [1.82, 2.24) is 5.48 Å². The van der Waals surface area contributed by atoms with Crippen LogP contribution in [0.4, 0.5) is 0 Å². The van der Waals surface area contributed by atoms with Gasteiger partial charge in [-0.15, -0.1) is 0 Å². The molecule has 3 nitrogen and oxygen atoms in total. The Morgan fingerprint density at radius 1 is 1.00 bits per heavy atom. The number of rotatable bonds is 11. The van der Waals surface area contributed by atoms with E-state index in [1.165, 1.54) is 51.4 Å². The number of unbranched alkanes of at least 4 members (excludes halogenated alkanes) is 7. The second-order valence-corrected chi connectivity index (χ2v) is 6.59. The number of hydrogen-bond donors (Lipinski definition) is 2. The Labute approximate surface area is 140 Å². The van der Waals surface area contributed by atoms with Gasteiger partial charge in [0.05, 0.1) is 6.04 Å². The maximum atomic E-state index is 9.03. The van der Waals surface area contributed by atoms with Gasteiger partial charge in [-0.1, -0.05) is 57.9 Å². The van der Waals surface area contributed by atoms with Crippen LogP contribution < -0.4 is 5.48 Å². The van der Waals surface area contributed by atoms with Crippen LogP contribution in [0.1, 0.15) is 82.6 Å². The molecule has 0 saturated heterocycles. The summed E-state index contributed by atoms with van der Waals surface area (Å²) in [7, 11) is 0. The van der Waals surface area contributed by atoms with Crippen LogP contribution in [0.3, 0.4) is 0 Å². The molecule has 3 heteroatoms. The molecular weight excluding hydrogens is 286 g/mol. The molecule has 1 aromatic heterocycles. The SMILES string of the molecule is CCCCCCCCCCc1cc2cc([C@H](C)NO)ccc2o1. The molecular formula is C20H31NO2. The van der Waals surface area contributed by atoms with E-state index in [1.807, 2.05) is 19.1 Å². The van der Waals surface area contributed by atoms with Crippen LogP contribution in [0.2, 0.25) is 0 Å². The first kappa shape index (κ1) is 18.0. The molecule has 0 aliphatic heterocycles. The van der Waals surface area contributed by atoms with Gasteiger partial charge in [0.2, 0.25) is 0 Å². The standard InChI is InChI=1S/C20H31NO2/c1-3-4-5-6-7-8-9-10-11-19-15-18-14-17(16(2)21-22)12-13-20(18)23-19/h12-16,21-22H,3-11H2,1-2H3/t16-/m0/s1. The van der Waals surface area contributed by atoms with Crippen LogP contribution in [0.5, 0.6) is 0 Å². The fourth-order valence-corrected chi connectivity index (χ4v) is 3.02. The summed E-state index contributed by atoms with van der Waals surface area (Å²) in [5.74, 6) is 1.08. The average Bonchev–Trinajstić information content (AvgIpc) is 2.98. The summed E-state index contributed by atoms with van der Waals surface area (Å²) in [4.78, 5) is 0. The third-order valence-corrected chi connectivity index (χ3v) is 4.56. The van der Waals surface area contributed by atoms with Crippen molar-refractivity contribution >= 4 is 11.0 Å². The Bertz CT molecular complexity index is 576. The molecule has 1 aromatic carbocycles. The molecule has 2 N–H and O–H groups in total. The number of hydroxylamine groups is 1. The fraction of sp³-hybridized carbons (Fsp3) is 0.600. The average molecular weight is 317 g/mol. The summed E-state index contributed by atoms with van der Waals surface area (Å²) in [6.07, 6.45) is 11.7. The zero-order valence-electron chi connectivity index (χ0n) is 14.6. The van der Waals surface area contributed by atoms with Gasteiger partial charge < -0.3 is 9.62 Å². The maximum Gasteiger partial charge on any atom is 0.134 e. The Morgan fingerprint density at radius 2 is 1.70 bits per heavy atom. The first-order valence-corrected chi connectivity index (χ1v) is 9.16. The van der Waals surface area contributed by atoms with Crippen LogP contribution in [0, 0.1) is 0 Å². The molecule has 0 saturated carbocycles. The smallest absolute Gasteiger partial charge is 0.134 e. The second-order valence-electron chi connectivity index (χ2n) is 6.59. The van der Waals surface area contributed by atoms with Crippen molar-refractivity contribution in [1.29, 1.82) is 0 Å². The molecule has 0 fully saturated rings. The maximum absolute atomic E-state index is 9.03. The zero-order valence-corrected chi connectivity index (χ0v) is 14.6. The van der Waals surface area contributed by atoms with E-state index >= 15 is 0 Å². The third kappa shape index (κ3) is 5.67. The van der Waals surface area contributed by atoms with E-state index in [-0.39, 0.29) is 6.04 Å². The minimum Gasteiger partial charge on any atom is -0.461 e. The Hall–Kier alpha value is -1.32. The van der Waals surface area contributed by atoms with E-state index in [0.717, 1.165) is 28.7 Å². The molecule has 2 aromatic rings. The molecule has 0 bridgehead atoms. The van der Waals surface area contributed by atoms with Crippen molar-refractivity contribution in [2.75, 3.05) is 0 Å². The van der Waals surface area contributed by atoms with Gasteiger partial charge in [0.1, 0.15) is 11.3 Å². The minimum atomic E-state index is -0.0644. The van der Waals surface area contributed by atoms with Crippen molar-refractivity contribution in [3.63, 3.8) is 0 Å². The number of furan rings is 1. The van der Waals surface area contributed by atoms with E-state index in [0.29, 0.717) is 0 Å². The summed E-state index contributed by atoms with van der Waals surface area (Å²) in [6.45, 7) is 4.19. The zero-order chi connectivity index (χ0) is 16.5. The predicted molar refractivity (Wildman–Crippen MR) is 95.9 cm³/mol. The molecule has 0 radical (unpaired) electrons. The number of nitrogens with one attached hydrogen (secondary N) is 1. The number of benzene rings is 1. The molecule has 128 valence electrons. The van der Waals surface area contributed by atoms with Crippen LogP contribution in [-0.4, -0.2) is 5.21 Å². The molecule has 0 amide bonds. The molecule has 23 heavy (non-hydrogen) atoms. The summed E-state index contributed by atoms with van der Waals surface area (Å²) >= 11 is 0. The molecule has 0 aliphatic carbocycles. The normalized spacial score (nSPS) is 12.8. The van der Waals surface area contributed by atoms with Gasteiger partial charge in [-0.3, -0.25) is 0 Å². The molecule has 2 rings (SSSR count). The van der Waals surface area contributed by atoms with E-state index in [4.69, 9.17) is 9.62 Å². The molecule has 1 heterocycles. The van der Waals surface area contributed by atoms with Gasteiger partial charge in [-0.2, -0.15) is 5.48 Å². The van der Waals surface area contributed by atoms with Crippen molar-refractivity contribution in [2.24, 2.45) is 0 Å². The lowest BCUT2D eigenvalue weighted by Gasteiger charge is -2.08. The van der Waals surface area contributed by atoms with Gasteiger partial charge in [0.15, 0.2) is 0 Å². The monoisotopic (exact) mass is 317 g/mol. The highest BCUT2D eigenvalue weighted by Gasteiger charge is 2.08. The topological polar surface area (TPSA) is 45.4 Å². The summed E-state index contributed by atoms with van der Waals surface area (Å²) < 4.78 is 5.91. The first-order chi connectivity index (χ1) is 11.2. The van der Waals surface area contributed by atoms with Crippen molar-refractivity contribution in [3.8, 4) is 0 Å². The Balaban J connectivity index is 1.75. The summed E-state index contributed by atoms with van der Waals surface area (Å²) in [5, 5.41) is 10.2. The first-order valence-electron chi connectivity index (χ1n) is 9.16. The lowest BCUT2D eigenvalue weighted by Crippen LogP contribution is -2.12. The van der Waals surface area contributed by atoms with Crippen molar-refractivity contribution < 1.29 is 9.62 Å². The summed E-state index contributed by atoms with van der Waals surface area (Å²) in [6, 6.07) is 8.16. The quantitative estimate of drug-likeness (QED) is 0.385. The van der Waals surface area contributed by atoms with E-state index in [9.17, 15) is 0 Å². The third-order valence-electron chi connectivity index (χ3n) is 4.56. The van der Waals surface area contributed by atoms with Gasteiger partial charge in [0.25, 0.3) is 0 Å². The Kier molecular flexibility index (Phi) is 7.63. The molecule has 0 unspecified atom stereocenters. The lowest BCUT2D eigenvalue weighted by molar-refractivity contribution is 0.133. The number of hydrogen-bond acceptors (Lipinski definition) is 3. The van der Waals surface area contributed by atoms with E-state index < -0.39 is 0 Å². The van der Waals surface area contributed by atoms with E-state index in [2.05, 4.69) is 24.5 Å². The minimum absolute atomic E-state index is 0.0644. The van der Waals surface area contributed by atoms with Gasteiger partial charge in [-0.25, -0.2) is 0 Å². The van der Waals surface area contributed by atoms with Crippen molar-refractivity contribution in [2.45, 2.75) is 77.7 Å². The molecule has 1 atom stereocenters.